The molecule has 1 heterocycles. The Kier molecular flexibility index (Phi) is 2.64. The maximum Gasteiger partial charge on any atom is 0.306 e. The molecule has 0 atom stereocenters. The summed E-state index contributed by atoms with van der Waals surface area (Å²) in [6.07, 6.45) is 1.12. The number of nitro groups is 1. The van der Waals surface area contributed by atoms with Gasteiger partial charge in [-0.05, 0) is 22.9 Å². The summed E-state index contributed by atoms with van der Waals surface area (Å²) in [5.41, 5.74) is 0.406. The first-order valence-corrected chi connectivity index (χ1v) is 4.16. The molecule has 0 unspecified atom stereocenters. The van der Waals surface area contributed by atoms with E-state index < -0.39 is 4.92 Å². The third-order valence-corrected chi connectivity index (χ3v) is 2.64. The van der Waals surface area contributed by atoms with E-state index >= 15 is 0 Å². The van der Waals surface area contributed by atoms with Gasteiger partial charge in [0.2, 0.25) is 0 Å². The predicted molar refractivity (Wildman–Crippen MR) is 48.3 cm³/mol. The maximum absolute atomic E-state index is 10.4. The minimum Gasteiger partial charge on any atom is -0.258 e. The number of rotatable bonds is 1. The van der Waals surface area contributed by atoms with E-state index in [1.54, 1.807) is 6.92 Å². The Hall–Kier alpha value is -0.680. The summed E-state index contributed by atoms with van der Waals surface area (Å²) in [7, 11) is 0. The van der Waals surface area contributed by atoms with Crippen molar-refractivity contribution in [2.24, 2.45) is 0 Å². The fraction of sp³-hybridized carbons (Fsp3) is 0.167. The normalized spacial score (nSPS) is 9.92. The van der Waals surface area contributed by atoms with E-state index in [0.717, 1.165) is 6.20 Å². The second-order valence-electron chi connectivity index (χ2n) is 2.13. The van der Waals surface area contributed by atoms with E-state index in [4.69, 9.17) is 11.6 Å². The zero-order valence-corrected chi connectivity index (χ0v) is 8.39. The molecule has 1 aromatic heterocycles. The topological polar surface area (TPSA) is 56.0 Å². The van der Waals surface area contributed by atoms with Crippen LogP contribution in [-0.2, 0) is 0 Å². The highest BCUT2D eigenvalue weighted by atomic mass is 79.9. The van der Waals surface area contributed by atoms with Crippen molar-refractivity contribution in [1.29, 1.82) is 0 Å². The molecule has 0 N–H and O–H groups in total. The van der Waals surface area contributed by atoms with Crippen molar-refractivity contribution in [2.45, 2.75) is 6.92 Å². The van der Waals surface area contributed by atoms with Crippen LogP contribution >= 0.6 is 27.5 Å². The number of nitrogens with zero attached hydrogens (tertiary/aromatic N) is 2. The Bertz CT molecular complexity index is 343. The van der Waals surface area contributed by atoms with Gasteiger partial charge in [0, 0.05) is 5.56 Å². The Morgan fingerprint density at radius 2 is 2.33 bits per heavy atom. The van der Waals surface area contributed by atoms with Crippen molar-refractivity contribution < 1.29 is 4.92 Å². The van der Waals surface area contributed by atoms with Gasteiger partial charge in [0.25, 0.3) is 0 Å². The van der Waals surface area contributed by atoms with E-state index in [2.05, 4.69) is 20.9 Å². The minimum atomic E-state index is -0.561. The van der Waals surface area contributed by atoms with Crippen molar-refractivity contribution in [1.82, 2.24) is 4.98 Å². The Balaban J connectivity index is 3.36. The summed E-state index contributed by atoms with van der Waals surface area (Å²) in [6.45, 7) is 1.66. The minimum absolute atomic E-state index is 0.127. The van der Waals surface area contributed by atoms with Crippen LogP contribution in [0.2, 0.25) is 5.02 Å². The third-order valence-electron chi connectivity index (χ3n) is 1.36. The first-order valence-electron chi connectivity index (χ1n) is 2.99. The van der Waals surface area contributed by atoms with Crippen molar-refractivity contribution in [2.75, 3.05) is 0 Å². The van der Waals surface area contributed by atoms with Crippen LogP contribution in [0.1, 0.15) is 5.56 Å². The first-order chi connectivity index (χ1) is 5.54. The lowest BCUT2D eigenvalue weighted by Crippen LogP contribution is -1.93. The van der Waals surface area contributed by atoms with Crippen molar-refractivity contribution in [3.8, 4) is 0 Å². The quantitative estimate of drug-likeness (QED) is 0.438. The van der Waals surface area contributed by atoms with Gasteiger partial charge in [-0.1, -0.05) is 11.6 Å². The third kappa shape index (κ3) is 1.56. The molecule has 1 aromatic rings. The number of hydrogen-bond acceptors (Lipinski definition) is 3. The van der Waals surface area contributed by atoms with Crippen LogP contribution < -0.4 is 0 Å². The summed E-state index contributed by atoms with van der Waals surface area (Å²) in [5, 5.41) is 10.5. The fourth-order valence-corrected chi connectivity index (χ4v) is 1.30. The van der Waals surface area contributed by atoms with Gasteiger partial charge in [0.1, 0.15) is 15.8 Å². The molecule has 0 fully saturated rings. The molecule has 12 heavy (non-hydrogen) atoms. The van der Waals surface area contributed by atoms with Crippen LogP contribution in [-0.4, -0.2) is 9.91 Å². The average molecular weight is 251 g/mol. The van der Waals surface area contributed by atoms with Crippen molar-refractivity contribution in [3.63, 3.8) is 0 Å². The molecule has 0 amide bonds. The standard InChI is InChI=1S/C6H4BrClN2O2/c1-3-5(8)4(10(11)12)2-9-6(3)7/h2H,1H3. The molecule has 0 bridgehead atoms. The van der Waals surface area contributed by atoms with E-state index in [1.165, 1.54) is 0 Å². The van der Waals surface area contributed by atoms with Crippen LogP contribution in [0.25, 0.3) is 0 Å². The summed E-state index contributed by atoms with van der Waals surface area (Å²) >= 11 is 8.79. The maximum atomic E-state index is 10.4. The first kappa shape index (κ1) is 9.41. The molecule has 0 spiro atoms. The van der Waals surface area contributed by atoms with E-state index in [1.807, 2.05) is 0 Å². The Morgan fingerprint density at radius 3 is 2.83 bits per heavy atom. The van der Waals surface area contributed by atoms with Crippen LogP contribution in [0.4, 0.5) is 5.69 Å². The molecule has 64 valence electrons. The SMILES string of the molecule is Cc1c(Br)ncc([N+](=O)[O-])c1Cl. The largest absolute Gasteiger partial charge is 0.306 e. The Morgan fingerprint density at radius 1 is 1.75 bits per heavy atom. The lowest BCUT2D eigenvalue weighted by molar-refractivity contribution is -0.385. The summed E-state index contributed by atoms with van der Waals surface area (Å²) in [6, 6.07) is 0. The van der Waals surface area contributed by atoms with Crippen molar-refractivity contribution in [3.05, 3.63) is 31.5 Å². The van der Waals surface area contributed by atoms with Gasteiger partial charge in [-0.25, -0.2) is 4.98 Å². The van der Waals surface area contributed by atoms with Crippen LogP contribution in [0.3, 0.4) is 0 Å². The predicted octanol–water partition coefficient (Wildman–Crippen LogP) is 2.71. The molecule has 0 saturated carbocycles. The lowest BCUT2D eigenvalue weighted by Gasteiger charge is -1.99. The number of hydrogen-bond donors (Lipinski definition) is 0. The van der Waals surface area contributed by atoms with Gasteiger partial charge < -0.3 is 0 Å². The molecule has 0 aliphatic carbocycles. The summed E-state index contributed by atoms with van der Waals surface area (Å²) in [5.74, 6) is 0. The van der Waals surface area contributed by atoms with E-state index in [0.29, 0.717) is 10.2 Å². The average Bonchev–Trinajstić information content (AvgIpc) is 2.00. The highest BCUT2D eigenvalue weighted by Gasteiger charge is 2.16. The Labute approximate surface area is 81.8 Å². The second-order valence-corrected chi connectivity index (χ2v) is 3.26. The zero-order chi connectivity index (χ0) is 9.30. The lowest BCUT2D eigenvalue weighted by atomic mass is 10.3. The molecular weight excluding hydrogens is 247 g/mol. The van der Waals surface area contributed by atoms with Gasteiger partial charge in [-0.2, -0.15) is 0 Å². The van der Waals surface area contributed by atoms with Crippen molar-refractivity contribution >= 4 is 33.2 Å². The smallest absolute Gasteiger partial charge is 0.258 e. The summed E-state index contributed by atoms with van der Waals surface area (Å²) in [4.78, 5) is 13.5. The molecule has 0 aliphatic heterocycles. The van der Waals surface area contributed by atoms with Gasteiger partial charge in [0.05, 0.1) is 4.92 Å². The molecule has 0 aliphatic rings. The van der Waals surface area contributed by atoms with Crippen LogP contribution in [0.5, 0.6) is 0 Å². The number of aromatic nitrogens is 1. The van der Waals surface area contributed by atoms with E-state index in [-0.39, 0.29) is 10.7 Å². The molecule has 6 heteroatoms. The van der Waals surface area contributed by atoms with Gasteiger partial charge in [-0.15, -0.1) is 0 Å². The highest BCUT2D eigenvalue weighted by Crippen LogP contribution is 2.30. The molecular formula is C6H4BrClN2O2. The molecule has 0 saturated heterocycles. The van der Waals surface area contributed by atoms with Gasteiger partial charge in [-0.3, -0.25) is 10.1 Å². The zero-order valence-electron chi connectivity index (χ0n) is 6.04. The number of pyridine rings is 1. The molecule has 0 radical (unpaired) electrons. The molecule has 1 rings (SSSR count). The van der Waals surface area contributed by atoms with Crippen LogP contribution in [0.15, 0.2) is 10.8 Å². The highest BCUT2D eigenvalue weighted by molar-refractivity contribution is 9.10. The number of halogens is 2. The molecule has 4 nitrogen and oxygen atoms in total. The second kappa shape index (κ2) is 3.37. The monoisotopic (exact) mass is 250 g/mol. The van der Waals surface area contributed by atoms with Gasteiger partial charge in [0.15, 0.2) is 0 Å². The molecule has 0 aromatic carbocycles. The van der Waals surface area contributed by atoms with Crippen LogP contribution in [0, 0.1) is 17.0 Å². The summed E-state index contributed by atoms with van der Waals surface area (Å²) < 4.78 is 0.526. The van der Waals surface area contributed by atoms with Gasteiger partial charge >= 0.3 is 5.69 Å². The van der Waals surface area contributed by atoms with E-state index in [9.17, 15) is 10.1 Å². The fourth-order valence-electron chi connectivity index (χ4n) is 0.681.